The Morgan fingerprint density at radius 1 is 1.15 bits per heavy atom. The Hall–Kier alpha value is -2.85. The molecular formula is C23H26BrN3O5S. The number of nitrogens with one attached hydrogen (secondary N) is 2. The quantitative estimate of drug-likeness (QED) is 0.333. The number of anilines is 2. The molecule has 0 bridgehead atoms. The number of sulfonamides is 1. The Bertz CT molecular complexity index is 1210. The predicted octanol–water partition coefficient (Wildman–Crippen LogP) is 5.47. The molecule has 10 heteroatoms. The highest BCUT2D eigenvalue weighted by Gasteiger charge is 2.16. The van der Waals surface area contributed by atoms with Gasteiger partial charge in [0.2, 0.25) is 5.91 Å². The van der Waals surface area contributed by atoms with Gasteiger partial charge in [0, 0.05) is 18.2 Å². The molecule has 1 aromatic heterocycles. The second kappa shape index (κ2) is 10.8. The Kier molecular flexibility index (Phi) is 8.15. The number of hydrogen-bond donors (Lipinski definition) is 2. The van der Waals surface area contributed by atoms with Gasteiger partial charge in [-0.05, 0) is 77.2 Å². The summed E-state index contributed by atoms with van der Waals surface area (Å²) in [4.78, 5) is 12.3. The van der Waals surface area contributed by atoms with Crippen LogP contribution in [0.25, 0.3) is 0 Å². The van der Waals surface area contributed by atoms with Crippen molar-refractivity contribution in [1.29, 1.82) is 0 Å². The molecule has 0 aliphatic carbocycles. The van der Waals surface area contributed by atoms with E-state index < -0.39 is 10.0 Å². The van der Waals surface area contributed by atoms with Crippen molar-refractivity contribution < 1.29 is 22.5 Å². The van der Waals surface area contributed by atoms with Gasteiger partial charge in [-0.1, -0.05) is 25.1 Å². The fourth-order valence-electron chi connectivity index (χ4n) is 2.96. The molecule has 2 N–H and O–H groups in total. The van der Waals surface area contributed by atoms with Crippen LogP contribution in [0.15, 0.2) is 62.4 Å². The van der Waals surface area contributed by atoms with Crippen LogP contribution in [0.3, 0.4) is 0 Å². The van der Waals surface area contributed by atoms with Crippen LogP contribution < -0.4 is 14.8 Å². The first-order valence-electron chi connectivity index (χ1n) is 10.4. The highest BCUT2D eigenvalue weighted by Crippen LogP contribution is 2.29. The Morgan fingerprint density at radius 3 is 2.48 bits per heavy atom. The zero-order chi connectivity index (χ0) is 24.0. The number of carbonyl (C=O) groups excluding carboxylic acids is 1. The maximum atomic E-state index is 12.4. The van der Waals surface area contributed by atoms with Gasteiger partial charge in [0.05, 0.1) is 16.0 Å². The Labute approximate surface area is 201 Å². The molecule has 0 spiro atoms. The third-order valence-electron chi connectivity index (χ3n) is 4.74. The second-order valence-corrected chi connectivity index (χ2v) is 10.3. The van der Waals surface area contributed by atoms with E-state index in [9.17, 15) is 13.2 Å². The summed E-state index contributed by atoms with van der Waals surface area (Å²) in [6.45, 7) is 6.32. The lowest BCUT2D eigenvalue weighted by Crippen LogP contribution is -2.14. The first-order chi connectivity index (χ1) is 15.6. The van der Waals surface area contributed by atoms with Crippen LogP contribution in [0.2, 0.25) is 0 Å². The minimum Gasteiger partial charge on any atom is -0.492 e. The summed E-state index contributed by atoms with van der Waals surface area (Å²) in [6, 6.07) is 13.4. The normalized spacial score (nSPS) is 11.4. The number of amides is 1. The lowest BCUT2D eigenvalue weighted by molar-refractivity contribution is -0.116. The molecule has 1 amide bonds. The summed E-state index contributed by atoms with van der Waals surface area (Å²) < 4.78 is 38.7. The van der Waals surface area contributed by atoms with Crippen molar-refractivity contribution in [2.75, 3.05) is 16.6 Å². The average Bonchev–Trinajstić information content (AvgIpc) is 3.16. The molecule has 176 valence electrons. The van der Waals surface area contributed by atoms with Gasteiger partial charge in [0.15, 0.2) is 5.82 Å². The third-order valence-corrected chi connectivity index (χ3v) is 6.73. The highest BCUT2D eigenvalue weighted by molar-refractivity contribution is 9.10. The molecule has 2 aromatic carbocycles. The van der Waals surface area contributed by atoms with E-state index in [1.807, 2.05) is 18.2 Å². The van der Waals surface area contributed by atoms with Gasteiger partial charge in [-0.15, -0.1) is 0 Å². The number of aryl methyl sites for hydroxylation is 1. The van der Waals surface area contributed by atoms with Crippen LogP contribution >= 0.6 is 15.9 Å². The van der Waals surface area contributed by atoms with Crippen molar-refractivity contribution >= 4 is 43.4 Å². The maximum absolute atomic E-state index is 12.4. The van der Waals surface area contributed by atoms with Crippen molar-refractivity contribution in [2.45, 2.75) is 44.4 Å². The fraction of sp³-hybridized carbons (Fsp3) is 0.304. The summed E-state index contributed by atoms with van der Waals surface area (Å²) in [6.07, 6.45) is 0.812. The van der Waals surface area contributed by atoms with E-state index in [4.69, 9.17) is 9.26 Å². The standard InChI is InChI=1S/C23H26BrN3O5S/c1-15(2)17-6-11-21(20(24)14-17)31-12-4-5-23(28)25-18-7-9-19(10-8-18)33(29,30)27-22-13-16(3)32-26-22/h6-11,13-15H,4-5,12H2,1-3H3,(H,25,28)(H,26,27). The van der Waals surface area contributed by atoms with Crippen LogP contribution in [-0.2, 0) is 14.8 Å². The summed E-state index contributed by atoms with van der Waals surface area (Å²) in [5.74, 6) is 1.59. The second-order valence-electron chi connectivity index (χ2n) is 7.80. The first-order valence-corrected chi connectivity index (χ1v) is 12.7. The predicted molar refractivity (Wildman–Crippen MR) is 130 cm³/mol. The van der Waals surface area contributed by atoms with Gasteiger partial charge in [-0.3, -0.25) is 9.52 Å². The number of hydrogen-bond acceptors (Lipinski definition) is 6. The van der Waals surface area contributed by atoms with E-state index in [0.29, 0.717) is 30.4 Å². The summed E-state index contributed by atoms with van der Waals surface area (Å²) in [5, 5.41) is 6.38. The van der Waals surface area contributed by atoms with Gasteiger partial charge in [-0.25, -0.2) is 8.42 Å². The number of nitrogens with zero attached hydrogens (tertiary/aromatic N) is 1. The van der Waals surface area contributed by atoms with Crippen molar-refractivity contribution in [3.05, 3.63) is 64.3 Å². The summed E-state index contributed by atoms with van der Waals surface area (Å²) in [7, 11) is -3.81. The zero-order valence-corrected chi connectivity index (χ0v) is 21.0. The van der Waals surface area contributed by atoms with Gasteiger partial charge in [0.1, 0.15) is 11.5 Å². The molecule has 0 unspecified atom stereocenters. The van der Waals surface area contributed by atoms with E-state index in [0.717, 1.165) is 10.2 Å². The van der Waals surface area contributed by atoms with Gasteiger partial charge in [-0.2, -0.15) is 0 Å². The molecule has 3 aromatic rings. The van der Waals surface area contributed by atoms with Crippen molar-refractivity contribution in [3.63, 3.8) is 0 Å². The Morgan fingerprint density at radius 2 is 1.88 bits per heavy atom. The molecule has 0 aliphatic rings. The minimum atomic E-state index is -3.81. The first kappa shape index (κ1) is 24.8. The molecular weight excluding hydrogens is 510 g/mol. The number of halogens is 1. The van der Waals surface area contributed by atoms with Crippen LogP contribution in [0, 0.1) is 6.92 Å². The number of benzene rings is 2. The van der Waals surface area contributed by atoms with Crippen molar-refractivity contribution in [2.24, 2.45) is 0 Å². The third kappa shape index (κ3) is 7.06. The van der Waals surface area contributed by atoms with Crippen molar-refractivity contribution in [1.82, 2.24) is 5.16 Å². The average molecular weight is 536 g/mol. The number of carbonyl (C=O) groups is 1. The Balaban J connectivity index is 1.46. The zero-order valence-electron chi connectivity index (χ0n) is 18.6. The summed E-state index contributed by atoms with van der Waals surface area (Å²) in [5.41, 5.74) is 1.72. The SMILES string of the molecule is Cc1cc(NS(=O)(=O)c2ccc(NC(=O)CCCOc3ccc(C(C)C)cc3Br)cc2)no1. The van der Waals surface area contributed by atoms with Crippen LogP contribution in [0.5, 0.6) is 5.75 Å². The molecule has 8 nitrogen and oxygen atoms in total. The van der Waals surface area contributed by atoms with E-state index >= 15 is 0 Å². The van der Waals surface area contributed by atoms with Crippen LogP contribution in [0.1, 0.15) is 43.9 Å². The van der Waals surface area contributed by atoms with Gasteiger partial charge in [0.25, 0.3) is 10.0 Å². The van der Waals surface area contributed by atoms with E-state index in [2.05, 4.69) is 45.0 Å². The molecule has 0 saturated heterocycles. The molecule has 33 heavy (non-hydrogen) atoms. The molecule has 1 heterocycles. The lowest BCUT2D eigenvalue weighted by Gasteiger charge is -2.11. The fourth-order valence-corrected chi connectivity index (χ4v) is 4.45. The molecule has 3 rings (SSSR count). The topological polar surface area (TPSA) is 111 Å². The van der Waals surface area contributed by atoms with E-state index in [-0.39, 0.29) is 23.0 Å². The molecule has 0 atom stereocenters. The van der Waals surface area contributed by atoms with Gasteiger partial charge < -0.3 is 14.6 Å². The van der Waals surface area contributed by atoms with Gasteiger partial charge >= 0.3 is 0 Å². The molecule has 0 fully saturated rings. The minimum absolute atomic E-state index is 0.0450. The summed E-state index contributed by atoms with van der Waals surface area (Å²) >= 11 is 3.52. The monoisotopic (exact) mass is 535 g/mol. The number of rotatable bonds is 10. The van der Waals surface area contributed by atoms with E-state index in [1.54, 1.807) is 6.92 Å². The smallest absolute Gasteiger partial charge is 0.263 e. The number of aromatic nitrogens is 1. The van der Waals surface area contributed by atoms with Crippen LogP contribution in [-0.4, -0.2) is 26.1 Å². The van der Waals surface area contributed by atoms with Crippen molar-refractivity contribution in [3.8, 4) is 5.75 Å². The largest absolute Gasteiger partial charge is 0.492 e. The number of ether oxygens (including phenoxy) is 1. The van der Waals surface area contributed by atoms with Crippen LogP contribution in [0.4, 0.5) is 11.5 Å². The molecule has 0 radical (unpaired) electrons. The molecule has 0 saturated carbocycles. The molecule has 0 aliphatic heterocycles. The maximum Gasteiger partial charge on any atom is 0.263 e. The lowest BCUT2D eigenvalue weighted by atomic mass is 10.0. The highest BCUT2D eigenvalue weighted by atomic mass is 79.9. The van der Waals surface area contributed by atoms with E-state index in [1.165, 1.54) is 35.9 Å².